The second-order valence-corrected chi connectivity index (χ2v) is 5.63. The first-order chi connectivity index (χ1) is 11.4. The molecule has 0 saturated heterocycles. The van der Waals surface area contributed by atoms with Crippen molar-refractivity contribution in [1.29, 1.82) is 0 Å². The van der Waals surface area contributed by atoms with E-state index >= 15 is 0 Å². The second-order valence-electron chi connectivity index (χ2n) is 5.63. The number of aryl methyl sites for hydroxylation is 3. The molecule has 0 unspecified atom stereocenters. The molecule has 0 aromatic heterocycles. The fourth-order valence-electron chi connectivity index (χ4n) is 2.58. The number of nitrogens with one attached hydrogen (secondary N) is 1. The lowest BCUT2D eigenvalue weighted by molar-refractivity contribution is -0.119. The van der Waals surface area contributed by atoms with E-state index < -0.39 is 11.9 Å². The van der Waals surface area contributed by atoms with Gasteiger partial charge in [-0.1, -0.05) is 17.7 Å². The van der Waals surface area contributed by atoms with Gasteiger partial charge in [0.15, 0.2) is 6.61 Å². The van der Waals surface area contributed by atoms with Crippen molar-refractivity contribution >= 4 is 17.6 Å². The standard InChI is InChI=1S/C19H21NO4/c1-12-9-13(2)18(14(3)10-12)19(22)24-11-17(21)20-15-5-7-16(23-4)8-6-15/h5-10H,11H2,1-4H3,(H,20,21). The monoisotopic (exact) mass is 327 g/mol. The highest BCUT2D eigenvalue weighted by molar-refractivity contribution is 5.96. The van der Waals surface area contributed by atoms with Gasteiger partial charge in [-0.05, 0) is 56.2 Å². The Morgan fingerprint density at radius 1 is 1.00 bits per heavy atom. The first-order valence-electron chi connectivity index (χ1n) is 7.59. The number of benzene rings is 2. The highest BCUT2D eigenvalue weighted by atomic mass is 16.5. The van der Waals surface area contributed by atoms with Gasteiger partial charge in [-0.2, -0.15) is 0 Å². The zero-order valence-corrected chi connectivity index (χ0v) is 14.3. The first kappa shape index (κ1) is 17.5. The van der Waals surface area contributed by atoms with Gasteiger partial charge in [0.2, 0.25) is 0 Å². The fourth-order valence-corrected chi connectivity index (χ4v) is 2.58. The van der Waals surface area contributed by atoms with Crippen molar-refractivity contribution in [2.24, 2.45) is 0 Å². The molecular weight excluding hydrogens is 306 g/mol. The number of esters is 1. The third kappa shape index (κ3) is 4.35. The van der Waals surface area contributed by atoms with E-state index in [0.29, 0.717) is 17.0 Å². The SMILES string of the molecule is COc1ccc(NC(=O)COC(=O)c2c(C)cc(C)cc2C)cc1. The largest absolute Gasteiger partial charge is 0.497 e. The Labute approximate surface area is 141 Å². The normalized spacial score (nSPS) is 10.2. The molecule has 2 rings (SSSR count). The summed E-state index contributed by atoms with van der Waals surface area (Å²) in [4.78, 5) is 24.1. The van der Waals surface area contributed by atoms with Gasteiger partial charge in [0.25, 0.3) is 5.91 Å². The van der Waals surface area contributed by atoms with Gasteiger partial charge < -0.3 is 14.8 Å². The number of ether oxygens (including phenoxy) is 2. The number of carbonyl (C=O) groups is 2. The van der Waals surface area contributed by atoms with Crippen LogP contribution in [0.3, 0.4) is 0 Å². The summed E-state index contributed by atoms with van der Waals surface area (Å²) in [5.41, 5.74) is 3.89. The molecule has 0 saturated carbocycles. The van der Waals surface area contributed by atoms with Gasteiger partial charge in [-0.3, -0.25) is 4.79 Å². The van der Waals surface area contributed by atoms with Gasteiger partial charge >= 0.3 is 5.97 Å². The zero-order valence-electron chi connectivity index (χ0n) is 14.3. The third-order valence-electron chi connectivity index (χ3n) is 3.59. The minimum Gasteiger partial charge on any atom is -0.497 e. The Kier molecular flexibility index (Phi) is 5.58. The average Bonchev–Trinajstić information content (AvgIpc) is 2.52. The number of rotatable bonds is 5. The number of amides is 1. The van der Waals surface area contributed by atoms with Crippen molar-refractivity contribution in [1.82, 2.24) is 0 Å². The van der Waals surface area contributed by atoms with E-state index in [0.717, 1.165) is 16.7 Å². The minimum atomic E-state index is -0.491. The van der Waals surface area contributed by atoms with E-state index in [-0.39, 0.29) is 6.61 Å². The minimum absolute atomic E-state index is 0.336. The van der Waals surface area contributed by atoms with Crippen molar-refractivity contribution in [3.8, 4) is 5.75 Å². The maximum atomic E-state index is 12.2. The van der Waals surface area contributed by atoms with Crippen molar-refractivity contribution in [3.05, 3.63) is 58.7 Å². The van der Waals surface area contributed by atoms with Gasteiger partial charge in [0.1, 0.15) is 5.75 Å². The molecule has 0 bridgehead atoms. The molecule has 0 aliphatic carbocycles. The molecule has 0 fully saturated rings. The highest BCUT2D eigenvalue weighted by Gasteiger charge is 2.15. The van der Waals surface area contributed by atoms with Gasteiger partial charge in [0, 0.05) is 5.69 Å². The van der Waals surface area contributed by atoms with Crippen molar-refractivity contribution in [3.63, 3.8) is 0 Å². The van der Waals surface area contributed by atoms with Crippen LogP contribution in [0.4, 0.5) is 5.69 Å². The van der Waals surface area contributed by atoms with Crippen LogP contribution in [0.15, 0.2) is 36.4 Å². The van der Waals surface area contributed by atoms with E-state index in [1.165, 1.54) is 0 Å². The lowest BCUT2D eigenvalue weighted by Gasteiger charge is -2.11. The summed E-state index contributed by atoms with van der Waals surface area (Å²) in [6.45, 7) is 5.34. The van der Waals surface area contributed by atoms with Crippen LogP contribution in [-0.4, -0.2) is 25.6 Å². The molecule has 2 aromatic rings. The third-order valence-corrected chi connectivity index (χ3v) is 3.59. The van der Waals surface area contributed by atoms with Crippen molar-refractivity contribution in [2.75, 3.05) is 19.0 Å². The van der Waals surface area contributed by atoms with Crippen LogP contribution in [0.1, 0.15) is 27.0 Å². The Hall–Kier alpha value is -2.82. The summed E-state index contributed by atoms with van der Waals surface area (Å²) in [6.07, 6.45) is 0. The summed E-state index contributed by atoms with van der Waals surface area (Å²) >= 11 is 0. The number of hydrogen-bond donors (Lipinski definition) is 1. The molecule has 126 valence electrons. The molecule has 0 aliphatic rings. The van der Waals surface area contributed by atoms with Crippen LogP contribution in [0.5, 0.6) is 5.75 Å². The number of carbonyl (C=O) groups excluding carboxylic acids is 2. The maximum absolute atomic E-state index is 12.2. The van der Waals surface area contributed by atoms with Crippen LogP contribution < -0.4 is 10.1 Å². The molecule has 0 spiro atoms. The Balaban J connectivity index is 1.95. The quantitative estimate of drug-likeness (QED) is 0.855. The van der Waals surface area contributed by atoms with Crippen molar-refractivity contribution < 1.29 is 19.1 Å². The van der Waals surface area contributed by atoms with Gasteiger partial charge in [-0.25, -0.2) is 4.79 Å². The molecule has 0 heterocycles. The van der Waals surface area contributed by atoms with E-state index in [1.807, 2.05) is 32.9 Å². The molecule has 0 aliphatic heterocycles. The lowest BCUT2D eigenvalue weighted by atomic mass is 10.00. The molecule has 0 atom stereocenters. The second kappa shape index (κ2) is 7.64. The van der Waals surface area contributed by atoms with E-state index in [2.05, 4.69) is 5.32 Å². The summed E-state index contributed by atoms with van der Waals surface area (Å²) < 4.78 is 10.2. The number of hydrogen-bond acceptors (Lipinski definition) is 4. The van der Waals surface area contributed by atoms with Gasteiger partial charge in [0.05, 0.1) is 12.7 Å². The van der Waals surface area contributed by atoms with Crippen LogP contribution >= 0.6 is 0 Å². The molecule has 5 heteroatoms. The van der Waals surface area contributed by atoms with E-state index in [1.54, 1.807) is 31.4 Å². The van der Waals surface area contributed by atoms with Crippen LogP contribution in [0, 0.1) is 20.8 Å². The smallest absolute Gasteiger partial charge is 0.339 e. The summed E-state index contributed by atoms with van der Waals surface area (Å²) in [5, 5.41) is 2.67. The zero-order chi connectivity index (χ0) is 17.7. The Bertz CT molecular complexity index is 727. The van der Waals surface area contributed by atoms with Crippen LogP contribution in [0.2, 0.25) is 0 Å². The number of methoxy groups -OCH3 is 1. The van der Waals surface area contributed by atoms with Crippen LogP contribution in [-0.2, 0) is 9.53 Å². The topological polar surface area (TPSA) is 64.6 Å². The Morgan fingerprint density at radius 2 is 1.58 bits per heavy atom. The summed E-state index contributed by atoms with van der Waals surface area (Å²) in [5.74, 6) is -0.185. The lowest BCUT2D eigenvalue weighted by Crippen LogP contribution is -2.21. The molecular formula is C19H21NO4. The summed E-state index contributed by atoms with van der Waals surface area (Å²) in [7, 11) is 1.57. The molecule has 1 N–H and O–H groups in total. The van der Waals surface area contributed by atoms with E-state index in [4.69, 9.17) is 9.47 Å². The van der Waals surface area contributed by atoms with Crippen molar-refractivity contribution in [2.45, 2.75) is 20.8 Å². The van der Waals surface area contributed by atoms with E-state index in [9.17, 15) is 9.59 Å². The Morgan fingerprint density at radius 3 is 2.12 bits per heavy atom. The number of anilines is 1. The molecule has 2 aromatic carbocycles. The molecule has 1 amide bonds. The van der Waals surface area contributed by atoms with Gasteiger partial charge in [-0.15, -0.1) is 0 Å². The first-order valence-corrected chi connectivity index (χ1v) is 7.59. The van der Waals surface area contributed by atoms with Crippen LogP contribution in [0.25, 0.3) is 0 Å². The summed E-state index contributed by atoms with van der Waals surface area (Å²) in [6, 6.07) is 10.7. The maximum Gasteiger partial charge on any atom is 0.339 e. The fraction of sp³-hybridized carbons (Fsp3) is 0.263. The predicted octanol–water partition coefficient (Wildman–Crippen LogP) is 3.42. The molecule has 0 radical (unpaired) electrons. The molecule has 5 nitrogen and oxygen atoms in total. The highest BCUT2D eigenvalue weighted by Crippen LogP contribution is 2.18. The predicted molar refractivity (Wildman–Crippen MR) is 92.6 cm³/mol. The average molecular weight is 327 g/mol. The molecule has 24 heavy (non-hydrogen) atoms.